The van der Waals surface area contributed by atoms with E-state index in [1.165, 1.54) is 0 Å². The maximum atomic E-state index is 11.4. The third-order valence-electron chi connectivity index (χ3n) is 2.74. The third-order valence-corrected chi connectivity index (χ3v) is 2.74. The molecule has 0 aromatic carbocycles. The molecule has 8 heteroatoms. The molecule has 0 N–H and O–H groups in total. The molecule has 24 heavy (non-hydrogen) atoms. The lowest BCUT2D eigenvalue weighted by Gasteiger charge is -2.07. The number of rotatable bonds is 13. The second kappa shape index (κ2) is 14.5. The third kappa shape index (κ3) is 13.5. The van der Waals surface area contributed by atoms with Gasteiger partial charge in [-0.3, -0.25) is 19.2 Å². The van der Waals surface area contributed by atoms with Gasteiger partial charge in [-0.1, -0.05) is 13.8 Å². The predicted molar refractivity (Wildman–Crippen MR) is 82.9 cm³/mol. The molecule has 8 nitrogen and oxygen atoms in total. The number of hydrogen-bond donors (Lipinski definition) is 0. The average Bonchev–Trinajstić information content (AvgIpc) is 2.58. The molecule has 138 valence electrons. The first-order chi connectivity index (χ1) is 11.5. The Morgan fingerprint density at radius 3 is 1.12 bits per heavy atom. The summed E-state index contributed by atoms with van der Waals surface area (Å²) in [6.45, 7) is 4.05. The number of carbonyl (C=O) groups excluding carboxylic acids is 4. The number of ether oxygens (including phenoxy) is 4. The smallest absolute Gasteiger partial charge is 0.306 e. The van der Waals surface area contributed by atoms with Gasteiger partial charge in [0.1, 0.15) is 0 Å². The van der Waals surface area contributed by atoms with Crippen LogP contribution in [0.4, 0.5) is 0 Å². The molecule has 0 saturated carbocycles. The van der Waals surface area contributed by atoms with Gasteiger partial charge >= 0.3 is 23.9 Å². The standard InChI is InChI=1S/C16H26O8/c1-3-13(17)21-9-5-11-23-15(19)7-8-16(20)24-12-6-10-22-14(18)4-2/h3-12H2,1-2H3. The van der Waals surface area contributed by atoms with Crippen molar-refractivity contribution in [2.24, 2.45) is 0 Å². The van der Waals surface area contributed by atoms with Gasteiger partial charge in [-0.15, -0.1) is 0 Å². The average molecular weight is 346 g/mol. The summed E-state index contributed by atoms with van der Waals surface area (Å²) in [6, 6.07) is 0. The summed E-state index contributed by atoms with van der Waals surface area (Å²) < 4.78 is 19.4. The largest absolute Gasteiger partial charge is 0.466 e. The minimum atomic E-state index is -0.509. The fraction of sp³-hybridized carbons (Fsp3) is 0.750. The zero-order chi connectivity index (χ0) is 18.2. The Hall–Kier alpha value is -2.12. The van der Waals surface area contributed by atoms with Crippen LogP contribution in [0.2, 0.25) is 0 Å². The lowest BCUT2D eigenvalue weighted by molar-refractivity contribution is -0.152. The van der Waals surface area contributed by atoms with E-state index in [1.54, 1.807) is 13.8 Å². The molecular formula is C16H26O8. The Kier molecular flexibility index (Phi) is 13.2. The molecule has 0 aliphatic carbocycles. The highest BCUT2D eigenvalue weighted by atomic mass is 16.6. The highest BCUT2D eigenvalue weighted by Crippen LogP contribution is 1.98. The molecule has 0 spiro atoms. The van der Waals surface area contributed by atoms with Gasteiger partial charge in [0.15, 0.2) is 0 Å². The summed E-state index contributed by atoms with van der Waals surface area (Å²) in [6.07, 6.45) is 1.31. The Bertz CT molecular complexity index is 367. The van der Waals surface area contributed by atoms with Gasteiger partial charge < -0.3 is 18.9 Å². The molecule has 0 rings (SSSR count). The van der Waals surface area contributed by atoms with Crippen LogP contribution in [0.1, 0.15) is 52.4 Å². The summed E-state index contributed by atoms with van der Waals surface area (Å²) in [4.78, 5) is 44.5. The van der Waals surface area contributed by atoms with Gasteiger partial charge in [-0.2, -0.15) is 0 Å². The van der Waals surface area contributed by atoms with E-state index < -0.39 is 11.9 Å². The Labute approximate surface area is 141 Å². The van der Waals surface area contributed by atoms with Crippen molar-refractivity contribution in [1.29, 1.82) is 0 Å². The van der Waals surface area contributed by atoms with Crippen molar-refractivity contribution in [3.8, 4) is 0 Å². The molecule has 0 bridgehead atoms. The Morgan fingerprint density at radius 2 is 0.833 bits per heavy atom. The molecule has 0 atom stereocenters. The molecule has 0 amide bonds. The van der Waals surface area contributed by atoms with E-state index in [1.807, 2.05) is 0 Å². The minimum absolute atomic E-state index is 0.0710. The van der Waals surface area contributed by atoms with Gasteiger partial charge in [0.05, 0.1) is 39.3 Å². The predicted octanol–water partition coefficient (Wildman–Crippen LogP) is 1.54. The number of esters is 4. The molecule has 0 aliphatic rings. The van der Waals surface area contributed by atoms with Gasteiger partial charge in [-0.25, -0.2) is 0 Å². The van der Waals surface area contributed by atoms with E-state index in [0.717, 1.165) is 0 Å². The van der Waals surface area contributed by atoms with Crippen molar-refractivity contribution < 1.29 is 38.1 Å². The van der Waals surface area contributed by atoms with Crippen LogP contribution >= 0.6 is 0 Å². The normalized spacial score (nSPS) is 9.92. The van der Waals surface area contributed by atoms with Crippen LogP contribution in [0.3, 0.4) is 0 Å². The van der Waals surface area contributed by atoms with Crippen LogP contribution in [0, 0.1) is 0 Å². The molecule has 0 aliphatic heterocycles. The van der Waals surface area contributed by atoms with Gasteiger partial charge in [0.2, 0.25) is 0 Å². The number of carbonyl (C=O) groups is 4. The van der Waals surface area contributed by atoms with Crippen LogP contribution in [0.25, 0.3) is 0 Å². The highest BCUT2D eigenvalue weighted by Gasteiger charge is 2.09. The van der Waals surface area contributed by atoms with Gasteiger partial charge in [0, 0.05) is 25.7 Å². The molecule has 0 aromatic rings. The van der Waals surface area contributed by atoms with E-state index >= 15 is 0 Å². The SMILES string of the molecule is CCC(=O)OCCCOC(=O)CCC(=O)OCCCOC(=O)CC. The first kappa shape index (κ1) is 21.9. The van der Waals surface area contributed by atoms with Crippen LogP contribution in [-0.4, -0.2) is 50.3 Å². The lowest BCUT2D eigenvalue weighted by Crippen LogP contribution is -2.13. The zero-order valence-electron chi connectivity index (χ0n) is 14.3. The van der Waals surface area contributed by atoms with Crippen molar-refractivity contribution in [2.45, 2.75) is 52.4 Å². The van der Waals surface area contributed by atoms with Crippen LogP contribution in [-0.2, 0) is 38.1 Å². The molecule has 0 fully saturated rings. The summed E-state index contributed by atoms with van der Waals surface area (Å²) in [5.74, 6) is -1.61. The zero-order valence-corrected chi connectivity index (χ0v) is 14.3. The van der Waals surface area contributed by atoms with Crippen molar-refractivity contribution in [3.63, 3.8) is 0 Å². The highest BCUT2D eigenvalue weighted by molar-refractivity contribution is 5.77. The van der Waals surface area contributed by atoms with Crippen molar-refractivity contribution >= 4 is 23.9 Å². The summed E-state index contributed by atoms with van der Waals surface area (Å²) in [7, 11) is 0. The Balaban J connectivity index is 3.49. The van der Waals surface area contributed by atoms with E-state index in [0.29, 0.717) is 25.7 Å². The van der Waals surface area contributed by atoms with Crippen LogP contribution < -0.4 is 0 Å². The van der Waals surface area contributed by atoms with Gasteiger partial charge in [-0.05, 0) is 0 Å². The Morgan fingerprint density at radius 1 is 0.542 bits per heavy atom. The molecule has 0 aromatic heterocycles. The van der Waals surface area contributed by atoms with Crippen molar-refractivity contribution in [3.05, 3.63) is 0 Å². The summed E-state index contributed by atoms with van der Waals surface area (Å²) in [5.41, 5.74) is 0. The molecule has 0 heterocycles. The fourth-order valence-corrected chi connectivity index (χ4v) is 1.41. The van der Waals surface area contributed by atoms with Crippen LogP contribution in [0.5, 0.6) is 0 Å². The summed E-state index contributed by atoms with van der Waals surface area (Å²) >= 11 is 0. The second-order valence-electron chi connectivity index (χ2n) is 4.80. The number of hydrogen-bond acceptors (Lipinski definition) is 8. The minimum Gasteiger partial charge on any atom is -0.466 e. The van der Waals surface area contributed by atoms with E-state index in [2.05, 4.69) is 0 Å². The first-order valence-electron chi connectivity index (χ1n) is 8.12. The summed E-state index contributed by atoms with van der Waals surface area (Å²) in [5, 5.41) is 0. The molecule has 0 saturated heterocycles. The molecule has 0 radical (unpaired) electrons. The topological polar surface area (TPSA) is 105 Å². The van der Waals surface area contributed by atoms with E-state index in [4.69, 9.17) is 18.9 Å². The quantitative estimate of drug-likeness (QED) is 0.281. The first-order valence-corrected chi connectivity index (χ1v) is 8.12. The van der Waals surface area contributed by atoms with Gasteiger partial charge in [0.25, 0.3) is 0 Å². The van der Waals surface area contributed by atoms with Crippen LogP contribution in [0.15, 0.2) is 0 Å². The lowest BCUT2D eigenvalue weighted by atomic mass is 10.3. The second-order valence-corrected chi connectivity index (χ2v) is 4.80. The fourth-order valence-electron chi connectivity index (χ4n) is 1.41. The van der Waals surface area contributed by atoms with E-state index in [-0.39, 0.29) is 51.2 Å². The molecule has 0 unspecified atom stereocenters. The maximum absolute atomic E-state index is 11.4. The van der Waals surface area contributed by atoms with E-state index in [9.17, 15) is 19.2 Å². The van der Waals surface area contributed by atoms with Crippen molar-refractivity contribution in [2.75, 3.05) is 26.4 Å². The monoisotopic (exact) mass is 346 g/mol. The molecular weight excluding hydrogens is 320 g/mol. The maximum Gasteiger partial charge on any atom is 0.306 e. The van der Waals surface area contributed by atoms with Crippen molar-refractivity contribution in [1.82, 2.24) is 0 Å².